The van der Waals surface area contributed by atoms with Gasteiger partial charge in [0.15, 0.2) is 11.6 Å². The number of piperidine rings is 1. The summed E-state index contributed by atoms with van der Waals surface area (Å²) in [6.07, 6.45) is 3.16. The van der Waals surface area contributed by atoms with Crippen LogP contribution < -0.4 is 0 Å². The Balaban J connectivity index is 1.92. The predicted octanol–water partition coefficient (Wildman–Crippen LogP) is 2.41. The Hall–Kier alpha value is -1.00. The lowest BCUT2D eigenvalue weighted by atomic mass is 9.80. The minimum Gasteiger partial charge on any atom is -0.385 e. The predicted molar refractivity (Wildman–Crippen MR) is 64.1 cm³/mol. The van der Waals surface area contributed by atoms with E-state index in [2.05, 4.69) is 4.90 Å². The number of aliphatic hydroxyl groups is 1. The Morgan fingerprint density at radius 1 is 1.28 bits per heavy atom. The highest BCUT2D eigenvalue weighted by Crippen LogP contribution is 2.40. The zero-order valence-electron chi connectivity index (χ0n) is 10.2. The molecule has 4 heteroatoms. The summed E-state index contributed by atoms with van der Waals surface area (Å²) in [6, 6.07) is 4.37. The summed E-state index contributed by atoms with van der Waals surface area (Å²) in [4.78, 5) is 2.34. The fourth-order valence-corrected chi connectivity index (χ4v) is 3.35. The normalized spacial score (nSPS) is 32.5. The Morgan fingerprint density at radius 3 is 2.94 bits per heavy atom. The van der Waals surface area contributed by atoms with E-state index < -0.39 is 17.2 Å². The Morgan fingerprint density at radius 2 is 2.11 bits per heavy atom. The first-order valence-electron chi connectivity index (χ1n) is 6.51. The van der Waals surface area contributed by atoms with Gasteiger partial charge in [0.05, 0.1) is 5.60 Å². The molecule has 2 nitrogen and oxygen atoms in total. The van der Waals surface area contributed by atoms with Crippen molar-refractivity contribution in [3.05, 3.63) is 35.4 Å². The SMILES string of the molecule is OC1(c2cccc(F)c2F)CCN2CCCC2C1. The van der Waals surface area contributed by atoms with Crippen molar-refractivity contribution in [1.82, 2.24) is 4.90 Å². The lowest BCUT2D eigenvalue weighted by Gasteiger charge is -2.41. The molecule has 2 aliphatic heterocycles. The molecule has 98 valence electrons. The van der Waals surface area contributed by atoms with Gasteiger partial charge in [0.2, 0.25) is 0 Å². The van der Waals surface area contributed by atoms with Crippen LogP contribution in [0, 0.1) is 11.6 Å². The first-order chi connectivity index (χ1) is 8.60. The molecule has 2 heterocycles. The van der Waals surface area contributed by atoms with Crippen molar-refractivity contribution in [3.63, 3.8) is 0 Å². The van der Waals surface area contributed by atoms with E-state index in [1.165, 1.54) is 12.1 Å². The lowest BCUT2D eigenvalue weighted by molar-refractivity contribution is -0.0436. The number of halogens is 2. The standard InChI is InChI=1S/C14H17F2NO/c15-12-5-1-4-11(13(12)16)14(18)6-8-17-7-2-3-10(17)9-14/h1,4-5,10,18H,2-3,6-9H2. The van der Waals surface area contributed by atoms with E-state index in [-0.39, 0.29) is 5.56 Å². The van der Waals surface area contributed by atoms with Crippen LogP contribution in [0.3, 0.4) is 0 Å². The molecule has 2 aliphatic rings. The lowest BCUT2D eigenvalue weighted by Crippen LogP contribution is -2.46. The van der Waals surface area contributed by atoms with Crippen LogP contribution in [0.25, 0.3) is 0 Å². The number of nitrogens with zero attached hydrogens (tertiary/aromatic N) is 1. The fourth-order valence-electron chi connectivity index (χ4n) is 3.35. The first kappa shape index (κ1) is 12.1. The van der Waals surface area contributed by atoms with Crippen molar-refractivity contribution < 1.29 is 13.9 Å². The van der Waals surface area contributed by atoms with Crippen LogP contribution in [0.4, 0.5) is 8.78 Å². The highest BCUT2D eigenvalue weighted by Gasteiger charge is 2.42. The molecule has 3 rings (SSSR count). The van der Waals surface area contributed by atoms with Gasteiger partial charge in [0.1, 0.15) is 0 Å². The highest BCUT2D eigenvalue weighted by molar-refractivity contribution is 5.26. The molecule has 0 bridgehead atoms. The van der Waals surface area contributed by atoms with Crippen LogP contribution in [-0.2, 0) is 5.60 Å². The smallest absolute Gasteiger partial charge is 0.164 e. The van der Waals surface area contributed by atoms with Crippen molar-refractivity contribution in [3.8, 4) is 0 Å². The second-order valence-electron chi connectivity index (χ2n) is 5.42. The monoisotopic (exact) mass is 253 g/mol. The van der Waals surface area contributed by atoms with Crippen molar-refractivity contribution in [2.75, 3.05) is 13.1 Å². The van der Waals surface area contributed by atoms with Crippen LogP contribution >= 0.6 is 0 Å². The fraction of sp³-hybridized carbons (Fsp3) is 0.571. The Labute approximate surface area is 105 Å². The van der Waals surface area contributed by atoms with Crippen molar-refractivity contribution in [2.45, 2.75) is 37.3 Å². The van der Waals surface area contributed by atoms with Crippen molar-refractivity contribution in [1.29, 1.82) is 0 Å². The van der Waals surface area contributed by atoms with Gasteiger partial charge in [0, 0.05) is 18.2 Å². The van der Waals surface area contributed by atoms with E-state index in [4.69, 9.17) is 0 Å². The summed E-state index contributed by atoms with van der Waals surface area (Å²) in [5, 5.41) is 10.7. The van der Waals surface area contributed by atoms with E-state index in [9.17, 15) is 13.9 Å². The third-order valence-corrected chi connectivity index (χ3v) is 4.34. The average Bonchev–Trinajstić information content (AvgIpc) is 2.79. The van der Waals surface area contributed by atoms with Crippen molar-refractivity contribution >= 4 is 0 Å². The third kappa shape index (κ3) is 1.84. The van der Waals surface area contributed by atoms with Crippen LogP contribution in [0.1, 0.15) is 31.2 Å². The number of rotatable bonds is 1. The van der Waals surface area contributed by atoms with E-state index in [0.717, 1.165) is 32.0 Å². The van der Waals surface area contributed by atoms with Gasteiger partial charge in [-0.1, -0.05) is 12.1 Å². The summed E-state index contributed by atoms with van der Waals surface area (Å²) in [5.74, 6) is -1.78. The number of fused-ring (bicyclic) bond motifs is 1. The number of hydrogen-bond acceptors (Lipinski definition) is 2. The van der Waals surface area contributed by atoms with Gasteiger partial charge in [0.25, 0.3) is 0 Å². The zero-order valence-corrected chi connectivity index (χ0v) is 10.2. The van der Waals surface area contributed by atoms with Gasteiger partial charge in [-0.2, -0.15) is 0 Å². The maximum atomic E-state index is 13.8. The van der Waals surface area contributed by atoms with Gasteiger partial charge in [-0.25, -0.2) is 8.78 Å². The summed E-state index contributed by atoms with van der Waals surface area (Å²) in [7, 11) is 0. The van der Waals surface area contributed by atoms with Gasteiger partial charge >= 0.3 is 0 Å². The molecule has 0 aliphatic carbocycles. The molecule has 0 radical (unpaired) electrons. The van der Waals surface area contributed by atoms with E-state index in [1.54, 1.807) is 0 Å². The molecule has 1 aromatic rings. The molecule has 0 saturated carbocycles. The molecule has 2 atom stereocenters. The maximum absolute atomic E-state index is 13.8. The topological polar surface area (TPSA) is 23.5 Å². The maximum Gasteiger partial charge on any atom is 0.164 e. The van der Waals surface area contributed by atoms with Crippen molar-refractivity contribution in [2.24, 2.45) is 0 Å². The third-order valence-electron chi connectivity index (χ3n) is 4.34. The molecule has 1 aromatic carbocycles. The quantitative estimate of drug-likeness (QED) is 0.830. The summed E-state index contributed by atoms with van der Waals surface area (Å²) < 4.78 is 27.1. The van der Waals surface area contributed by atoms with Crippen LogP contribution in [0.2, 0.25) is 0 Å². The molecule has 2 unspecified atom stereocenters. The van der Waals surface area contributed by atoms with Crippen LogP contribution in [0.15, 0.2) is 18.2 Å². The van der Waals surface area contributed by atoms with Crippen LogP contribution in [-0.4, -0.2) is 29.1 Å². The summed E-state index contributed by atoms with van der Waals surface area (Å²) in [6.45, 7) is 1.82. The minimum absolute atomic E-state index is 0.119. The second kappa shape index (κ2) is 4.28. The number of hydrogen-bond donors (Lipinski definition) is 1. The van der Waals surface area contributed by atoms with E-state index >= 15 is 0 Å². The van der Waals surface area contributed by atoms with E-state index in [1.807, 2.05) is 0 Å². The Bertz CT molecular complexity index is 465. The molecule has 2 fully saturated rings. The average molecular weight is 253 g/mol. The zero-order chi connectivity index (χ0) is 12.8. The first-order valence-corrected chi connectivity index (χ1v) is 6.51. The highest BCUT2D eigenvalue weighted by atomic mass is 19.2. The molecule has 0 amide bonds. The molecular formula is C14H17F2NO. The summed E-state index contributed by atoms with van der Waals surface area (Å²) >= 11 is 0. The Kier molecular flexibility index (Phi) is 2.87. The molecular weight excluding hydrogens is 236 g/mol. The van der Waals surface area contributed by atoms with Gasteiger partial charge < -0.3 is 10.0 Å². The molecule has 0 spiro atoms. The second-order valence-corrected chi connectivity index (χ2v) is 5.42. The van der Waals surface area contributed by atoms with Gasteiger partial charge in [-0.05, 0) is 38.3 Å². The van der Waals surface area contributed by atoms with Crippen LogP contribution in [0.5, 0.6) is 0 Å². The molecule has 18 heavy (non-hydrogen) atoms. The largest absolute Gasteiger partial charge is 0.385 e. The molecule has 2 saturated heterocycles. The molecule has 0 aromatic heterocycles. The molecule has 1 N–H and O–H groups in total. The minimum atomic E-state index is -1.21. The summed E-state index contributed by atoms with van der Waals surface area (Å²) in [5.41, 5.74) is -1.09. The number of benzene rings is 1. The van der Waals surface area contributed by atoms with Gasteiger partial charge in [-0.15, -0.1) is 0 Å². The van der Waals surface area contributed by atoms with Gasteiger partial charge in [-0.3, -0.25) is 0 Å². The van der Waals surface area contributed by atoms with E-state index in [0.29, 0.717) is 18.9 Å².